The summed E-state index contributed by atoms with van der Waals surface area (Å²) >= 11 is 1.93. The molecule has 80 valence electrons. The Kier molecular flexibility index (Phi) is 3.02. The van der Waals surface area contributed by atoms with E-state index in [-0.39, 0.29) is 11.4 Å². The summed E-state index contributed by atoms with van der Waals surface area (Å²) in [4.78, 5) is 13.8. The van der Waals surface area contributed by atoms with Crippen molar-refractivity contribution in [2.45, 2.75) is 31.2 Å². The molecule has 0 radical (unpaired) electrons. The maximum atomic E-state index is 11.8. The van der Waals surface area contributed by atoms with Gasteiger partial charge in [0.25, 0.3) is 0 Å². The van der Waals surface area contributed by atoms with Crippen molar-refractivity contribution in [1.82, 2.24) is 4.90 Å². The number of amides is 1. The molecular formula is C10H18N2OS. The fourth-order valence-corrected chi connectivity index (χ4v) is 2.94. The minimum Gasteiger partial charge on any atom is -0.341 e. The molecule has 0 unspecified atom stereocenters. The second-order valence-electron chi connectivity index (χ2n) is 4.39. The summed E-state index contributed by atoms with van der Waals surface area (Å²) < 4.78 is 0. The van der Waals surface area contributed by atoms with E-state index in [1.807, 2.05) is 16.7 Å². The molecule has 2 fully saturated rings. The molecule has 2 aliphatic rings. The highest BCUT2D eigenvalue weighted by molar-refractivity contribution is 7.99. The molecule has 0 aromatic heterocycles. The Morgan fingerprint density at radius 2 is 2.00 bits per heavy atom. The number of rotatable bonds is 2. The van der Waals surface area contributed by atoms with Crippen molar-refractivity contribution in [3.05, 3.63) is 0 Å². The fraction of sp³-hybridized carbons (Fsp3) is 0.900. The number of carbonyl (C=O) groups excluding carboxylic acids is 1. The molecule has 4 heteroatoms. The van der Waals surface area contributed by atoms with Crippen LogP contribution in [0.4, 0.5) is 0 Å². The average Bonchev–Trinajstić information content (AvgIpc) is 2.17. The van der Waals surface area contributed by atoms with Crippen molar-refractivity contribution in [2.24, 2.45) is 5.73 Å². The SMILES string of the molecule is NC1(CC(=O)N2CCSCC2)CCC1. The zero-order valence-corrected chi connectivity index (χ0v) is 9.31. The van der Waals surface area contributed by atoms with Gasteiger partial charge < -0.3 is 10.6 Å². The Morgan fingerprint density at radius 3 is 2.50 bits per heavy atom. The van der Waals surface area contributed by atoms with Gasteiger partial charge in [-0.15, -0.1) is 0 Å². The lowest BCUT2D eigenvalue weighted by Crippen LogP contribution is -2.51. The lowest BCUT2D eigenvalue weighted by molar-refractivity contribution is -0.132. The van der Waals surface area contributed by atoms with Crippen LogP contribution in [0.5, 0.6) is 0 Å². The Morgan fingerprint density at radius 1 is 1.36 bits per heavy atom. The van der Waals surface area contributed by atoms with Gasteiger partial charge in [0.2, 0.25) is 5.91 Å². The van der Waals surface area contributed by atoms with E-state index in [9.17, 15) is 4.79 Å². The minimum atomic E-state index is -0.151. The van der Waals surface area contributed by atoms with Crippen molar-refractivity contribution in [3.63, 3.8) is 0 Å². The summed E-state index contributed by atoms with van der Waals surface area (Å²) in [5.41, 5.74) is 5.91. The van der Waals surface area contributed by atoms with Crippen LogP contribution in [-0.4, -0.2) is 40.9 Å². The largest absolute Gasteiger partial charge is 0.341 e. The van der Waals surface area contributed by atoms with E-state index in [1.165, 1.54) is 6.42 Å². The van der Waals surface area contributed by atoms with Gasteiger partial charge in [-0.2, -0.15) is 11.8 Å². The molecule has 3 nitrogen and oxygen atoms in total. The molecular weight excluding hydrogens is 196 g/mol. The second kappa shape index (κ2) is 4.11. The molecule has 0 spiro atoms. The summed E-state index contributed by atoms with van der Waals surface area (Å²) in [5, 5.41) is 0. The van der Waals surface area contributed by atoms with Crippen LogP contribution in [0, 0.1) is 0 Å². The van der Waals surface area contributed by atoms with Gasteiger partial charge in [-0.05, 0) is 19.3 Å². The van der Waals surface area contributed by atoms with Gasteiger partial charge in [-0.1, -0.05) is 0 Å². The molecule has 1 saturated heterocycles. The minimum absolute atomic E-state index is 0.151. The van der Waals surface area contributed by atoms with Crippen molar-refractivity contribution >= 4 is 17.7 Å². The van der Waals surface area contributed by atoms with Crippen LogP contribution < -0.4 is 5.73 Å². The summed E-state index contributed by atoms with van der Waals surface area (Å²) in [6, 6.07) is 0. The van der Waals surface area contributed by atoms with Crippen LogP contribution in [0.2, 0.25) is 0 Å². The van der Waals surface area contributed by atoms with Crippen LogP contribution in [0.25, 0.3) is 0 Å². The molecule has 1 saturated carbocycles. The van der Waals surface area contributed by atoms with E-state index in [4.69, 9.17) is 5.73 Å². The molecule has 2 N–H and O–H groups in total. The molecule has 1 aliphatic carbocycles. The predicted octanol–water partition coefficient (Wildman–Crippen LogP) is 0.833. The zero-order valence-electron chi connectivity index (χ0n) is 8.50. The standard InChI is InChI=1S/C10H18N2OS/c11-10(2-1-3-10)8-9(13)12-4-6-14-7-5-12/h1-8,11H2. The predicted molar refractivity (Wildman–Crippen MR) is 59.3 cm³/mol. The van der Waals surface area contributed by atoms with Crippen LogP contribution in [0.1, 0.15) is 25.7 Å². The molecule has 0 atom stereocenters. The number of carbonyl (C=O) groups is 1. The quantitative estimate of drug-likeness (QED) is 0.740. The van der Waals surface area contributed by atoms with Crippen LogP contribution in [-0.2, 0) is 4.79 Å². The van der Waals surface area contributed by atoms with E-state index >= 15 is 0 Å². The first-order valence-corrected chi connectivity index (χ1v) is 6.50. The van der Waals surface area contributed by atoms with E-state index in [2.05, 4.69) is 0 Å². The van der Waals surface area contributed by atoms with Gasteiger partial charge in [-0.3, -0.25) is 4.79 Å². The van der Waals surface area contributed by atoms with Crippen molar-refractivity contribution < 1.29 is 4.79 Å². The number of nitrogens with zero attached hydrogens (tertiary/aromatic N) is 1. The van der Waals surface area contributed by atoms with Gasteiger partial charge in [-0.25, -0.2) is 0 Å². The summed E-state index contributed by atoms with van der Waals surface area (Å²) in [7, 11) is 0. The first-order valence-electron chi connectivity index (χ1n) is 5.34. The normalized spacial score (nSPS) is 25.6. The summed E-state index contributed by atoms with van der Waals surface area (Å²) in [5.74, 6) is 2.44. The zero-order chi connectivity index (χ0) is 10.0. The topological polar surface area (TPSA) is 46.3 Å². The fourth-order valence-electron chi connectivity index (χ4n) is 2.03. The van der Waals surface area contributed by atoms with E-state index < -0.39 is 0 Å². The maximum Gasteiger partial charge on any atom is 0.224 e. The maximum absolute atomic E-state index is 11.8. The monoisotopic (exact) mass is 214 g/mol. The van der Waals surface area contributed by atoms with E-state index in [0.29, 0.717) is 6.42 Å². The number of hydrogen-bond acceptors (Lipinski definition) is 3. The van der Waals surface area contributed by atoms with Crippen LogP contribution in [0.3, 0.4) is 0 Å². The van der Waals surface area contributed by atoms with Crippen molar-refractivity contribution in [3.8, 4) is 0 Å². The molecule has 0 bridgehead atoms. The Hall–Kier alpha value is -0.220. The Labute approximate surface area is 89.4 Å². The van der Waals surface area contributed by atoms with Crippen LogP contribution in [0.15, 0.2) is 0 Å². The average molecular weight is 214 g/mol. The molecule has 14 heavy (non-hydrogen) atoms. The van der Waals surface area contributed by atoms with E-state index in [1.54, 1.807) is 0 Å². The van der Waals surface area contributed by atoms with Gasteiger partial charge in [0.05, 0.1) is 0 Å². The van der Waals surface area contributed by atoms with E-state index in [0.717, 1.165) is 37.4 Å². The van der Waals surface area contributed by atoms with Gasteiger partial charge in [0.15, 0.2) is 0 Å². The first-order chi connectivity index (χ1) is 6.70. The highest BCUT2D eigenvalue weighted by atomic mass is 32.2. The smallest absolute Gasteiger partial charge is 0.224 e. The molecule has 0 aromatic rings. The van der Waals surface area contributed by atoms with Crippen molar-refractivity contribution in [2.75, 3.05) is 24.6 Å². The summed E-state index contributed by atoms with van der Waals surface area (Å²) in [6.07, 6.45) is 3.82. The van der Waals surface area contributed by atoms with Gasteiger partial charge in [0.1, 0.15) is 0 Å². The molecule has 1 aliphatic heterocycles. The number of hydrogen-bond donors (Lipinski definition) is 1. The second-order valence-corrected chi connectivity index (χ2v) is 5.61. The van der Waals surface area contributed by atoms with Gasteiger partial charge in [0, 0.05) is 36.6 Å². The Bertz CT molecular complexity index is 222. The first kappa shape index (κ1) is 10.3. The highest BCUT2D eigenvalue weighted by Gasteiger charge is 2.36. The third-order valence-corrected chi connectivity index (χ3v) is 4.16. The Balaban J connectivity index is 1.81. The van der Waals surface area contributed by atoms with Gasteiger partial charge >= 0.3 is 0 Å². The molecule has 2 rings (SSSR count). The third-order valence-electron chi connectivity index (χ3n) is 3.22. The molecule has 1 heterocycles. The van der Waals surface area contributed by atoms with Crippen molar-refractivity contribution in [1.29, 1.82) is 0 Å². The summed E-state index contributed by atoms with van der Waals surface area (Å²) in [6.45, 7) is 1.83. The lowest BCUT2D eigenvalue weighted by atomic mass is 9.75. The highest BCUT2D eigenvalue weighted by Crippen LogP contribution is 2.32. The molecule has 0 aromatic carbocycles. The third kappa shape index (κ3) is 2.23. The molecule has 1 amide bonds. The number of thioether (sulfide) groups is 1. The van der Waals surface area contributed by atoms with Crippen LogP contribution >= 0.6 is 11.8 Å². The lowest BCUT2D eigenvalue weighted by Gasteiger charge is -2.39. The number of nitrogens with two attached hydrogens (primary N) is 1.